The number of hydrogen-bond acceptors (Lipinski definition) is 6. The van der Waals surface area contributed by atoms with Crippen molar-refractivity contribution in [3.8, 4) is 0 Å². The molecule has 2 aromatic carbocycles. The van der Waals surface area contributed by atoms with Crippen molar-refractivity contribution >= 4 is 40.3 Å². The number of rotatable bonds is 15. The van der Waals surface area contributed by atoms with Crippen molar-refractivity contribution in [2.45, 2.75) is 64.2 Å². The zero-order chi connectivity index (χ0) is 32.3. The van der Waals surface area contributed by atoms with Gasteiger partial charge >= 0.3 is 0 Å². The standard InChI is InChI=1S/C33H39N7O5/c1-4-5-14-26(29(41)33(45)35-19-22-11-7-6-8-12-22)38-31(43)27(18-23-20-34-25-15-10-9-13-24(23)25)39-30(42)21(2)37-32(44)28-16-17-36-40(28)3/h6-13,15-17,20-21,26-27,34H,4-5,14,18-19H2,1-3H3,(H,35,45)(H,37,44)(H,38,43)(H,39,42). The minimum Gasteiger partial charge on any atom is -0.361 e. The Hall–Kier alpha value is -5.26. The van der Waals surface area contributed by atoms with Gasteiger partial charge in [0.25, 0.3) is 11.8 Å². The van der Waals surface area contributed by atoms with E-state index in [1.807, 2.05) is 61.5 Å². The maximum Gasteiger partial charge on any atom is 0.289 e. The smallest absolute Gasteiger partial charge is 0.289 e. The largest absolute Gasteiger partial charge is 0.361 e. The lowest BCUT2D eigenvalue weighted by Crippen LogP contribution is -2.57. The van der Waals surface area contributed by atoms with E-state index in [0.717, 1.165) is 28.5 Å². The second kappa shape index (κ2) is 15.5. The van der Waals surface area contributed by atoms with Crippen molar-refractivity contribution in [2.24, 2.45) is 7.05 Å². The van der Waals surface area contributed by atoms with E-state index < -0.39 is 47.5 Å². The third kappa shape index (κ3) is 8.65. The van der Waals surface area contributed by atoms with Crippen LogP contribution in [0.3, 0.4) is 0 Å². The number of fused-ring (bicyclic) bond motifs is 1. The van der Waals surface area contributed by atoms with Crippen LogP contribution < -0.4 is 21.3 Å². The summed E-state index contributed by atoms with van der Waals surface area (Å²) in [6.45, 7) is 3.62. The van der Waals surface area contributed by atoms with E-state index in [9.17, 15) is 24.0 Å². The Morgan fingerprint density at radius 2 is 1.60 bits per heavy atom. The topological polar surface area (TPSA) is 167 Å². The number of Topliss-reactive ketones (excluding diaryl/α,β-unsaturated/α-hetero) is 1. The number of nitrogens with zero attached hydrogens (tertiary/aromatic N) is 2. The highest BCUT2D eigenvalue weighted by molar-refractivity contribution is 6.38. The molecule has 0 aliphatic rings. The summed E-state index contributed by atoms with van der Waals surface area (Å²) in [6.07, 6.45) is 4.93. The van der Waals surface area contributed by atoms with Crippen LogP contribution >= 0.6 is 0 Å². The fourth-order valence-corrected chi connectivity index (χ4v) is 4.93. The highest BCUT2D eigenvalue weighted by Crippen LogP contribution is 2.19. The average molecular weight is 614 g/mol. The predicted molar refractivity (Wildman–Crippen MR) is 169 cm³/mol. The van der Waals surface area contributed by atoms with Crippen molar-refractivity contribution in [2.75, 3.05) is 0 Å². The van der Waals surface area contributed by atoms with Gasteiger partial charge < -0.3 is 26.3 Å². The van der Waals surface area contributed by atoms with E-state index in [0.29, 0.717) is 6.42 Å². The van der Waals surface area contributed by atoms with Crippen LogP contribution in [0.2, 0.25) is 0 Å². The molecular formula is C33H39N7O5. The molecule has 5 N–H and O–H groups in total. The minimum absolute atomic E-state index is 0.0961. The number of hydrogen-bond donors (Lipinski definition) is 5. The van der Waals surface area contributed by atoms with Gasteiger partial charge in [0.2, 0.25) is 17.6 Å². The van der Waals surface area contributed by atoms with Gasteiger partial charge in [-0.3, -0.25) is 28.7 Å². The number of aromatic amines is 1. The van der Waals surface area contributed by atoms with Crippen LogP contribution in [-0.2, 0) is 39.2 Å². The lowest BCUT2D eigenvalue weighted by molar-refractivity contribution is -0.140. The Kier molecular flexibility index (Phi) is 11.2. The normalized spacial score (nSPS) is 13.0. The predicted octanol–water partition coefficient (Wildman–Crippen LogP) is 2.31. The quantitative estimate of drug-likeness (QED) is 0.129. The summed E-state index contributed by atoms with van der Waals surface area (Å²) in [5.41, 5.74) is 2.74. The summed E-state index contributed by atoms with van der Waals surface area (Å²) >= 11 is 0. The van der Waals surface area contributed by atoms with E-state index in [1.165, 1.54) is 23.9 Å². The average Bonchev–Trinajstić information content (AvgIpc) is 3.67. The van der Waals surface area contributed by atoms with Gasteiger partial charge in [-0.15, -0.1) is 0 Å². The molecule has 2 heterocycles. The van der Waals surface area contributed by atoms with Gasteiger partial charge in [0.15, 0.2) is 0 Å². The molecule has 3 atom stereocenters. The van der Waals surface area contributed by atoms with Crippen molar-refractivity contribution < 1.29 is 24.0 Å². The minimum atomic E-state index is -1.11. The lowest BCUT2D eigenvalue weighted by atomic mass is 10.0. The number of amides is 4. The second-order valence-electron chi connectivity index (χ2n) is 10.9. The molecule has 0 fully saturated rings. The number of aromatic nitrogens is 3. The number of H-pyrrole nitrogens is 1. The highest BCUT2D eigenvalue weighted by atomic mass is 16.2. The van der Waals surface area contributed by atoms with Crippen molar-refractivity contribution in [3.05, 3.63) is 89.9 Å². The summed E-state index contributed by atoms with van der Waals surface area (Å²) in [7, 11) is 1.61. The van der Waals surface area contributed by atoms with Gasteiger partial charge in [0.05, 0.1) is 6.04 Å². The molecular weight excluding hydrogens is 574 g/mol. The first-order valence-corrected chi connectivity index (χ1v) is 15.0. The molecule has 4 amide bonds. The Balaban J connectivity index is 1.50. The number of carbonyl (C=O) groups is 5. The van der Waals surface area contributed by atoms with Crippen molar-refractivity contribution in [1.82, 2.24) is 36.0 Å². The number of unbranched alkanes of at least 4 members (excludes halogenated alkanes) is 1. The molecule has 0 spiro atoms. The number of para-hydroxylation sites is 1. The molecule has 4 rings (SSSR count). The molecule has 3 unspecified atom stereocenters. The number of aryl methyl sites for hydroxylation is 1. The maximum absolute atomic E-state index is 13.8. The van der Waals surface area contributed by atoms with Gasteiger partial charge in [-0.1, -0.05) is 68.3 Å². The zero-order valence-electron chi connectivity index (χ0n) is 25.6. The van der Waals surface area contributed by atoms with Crippen LogP contribution in [0, 0.1) is 0 Å². The summed E-state index contributed by atoms with van der Waals surface area (Å²) in [4.78, 5) is 69.0. The SMILES string of the molecule is CCCCC(NC(=O)C(Cc1c[nH]c2ccccc12)NC(=O)C(C)NC(=O)c1ccnn1C)C(=O)C(=O)NCc1ccccc1. The molecule has 0 aliphatic heterocycles. The molecule has 236 valence electrons. The van der Waals surface area contributed by atoms with Gasteiger partial charge in [0, 0.05) is 43.3 Å². The van der Waals surface area contributed by atoms with Crippen LogP contribution in [0.25, 0.3) is 10.9 Å². The van der Waals surface area contributed by atoms with Crippen LogP contribution in [0.5, 0.6) is 0 Å². The van der Waals surface area contributed by atoms with Gasteiger partial charge in [0.1, 0.15) is 17.8 Å². The van der Waals surface area contributed by atoms with Crippen LogP contribution in [0.4, 0.5) is 0 Å². The first kappa shape index (κ1) is 32.6. The first-order chi connectivity index (χ1) is 21.7. The molecule has 4 aromatic rings. The number of nitrogens with one attached hydrogen (secondary N) is 5. The van der Waals surface area contributed by atoms with E-state index in [4.69, 9.17) is 0 Å². The van der Waals surface area contributed by atoms with Crippen LogP contribution in [0.1, 0.15) is 54.7 Å². The van der Waals surface area contributed by atoms with Crippen molar-refractivity contribution in [3.63, 3.8) is 0 Å². The highest BCUT2D eigenvalue weighted by Gasteiger charge is 2.31. The fourth-order valence-electron chi connectivity index (χ4n) is 4.93. The Morgan fingerprint density at radius 1 is 0.889 bits per heavy atom. The van der Waals surface area contributed by atoms with Gasteiger partial charge in [-0.05, 0) is 36.6 Å². The third-order valence-corrected chi connectivity index (χ3v) is 7.53. The van der Waals surface area contributed by atoms with Crippen LogP contribution in [0.15, 0.2) is 73.1 Å². The lowest BCUT2D eigenvalue weighted by Gasteiger charge is -2.24. The van der Waals surface area contributed by atoms with E-state index in [-0.39, 0.29) is 25.1 Å². The maximum atomic E-state index is 13.8. The summed E-state index contributed by atoms with van der Waals surface area (Å²) in [5.74, 6) is -3.28. The van der Waals surface area contributed by atoms with Gasteiger partial charge in [-0.2, -0.15) is 5.10 Å². The molecule has 12 nitrogen and oxygen atoms in total. The summed E-state index contributed by atoms with van der Waals surface area (Å²) < 4.78 is 1.39. The first-order valence-electron chi connectivity index (χ1n) is 15.0. The molecule has 12 heteroatoms. The number of ketones is 1. The molecule has 2 aromatic heterocycles. The Bertz CT molecular complexity index is 1650. The van der Waals surface area contributed by atoms with E-state index in [2.05, 4.69) is 31.3 Å². The molecule has 0 bridgehead atoms. The van der Waals surface area contributed by atoms with Gasteiger partial charge in [-0.25, -0.2) is 0 Å². The van der Waals surface area contributed by atoms with E-state index >= 15 is 0 Å². The van der Waals surface area contributed by atoms with Crippen LogP contribution in [-0.4, -0.2) is 62.3 Å². The fraction of sp³-hybridized carbons (Fsp3) is 0.333. The Labute approximate surface area is 261 Å². The summed E-state index contributed by atoms with van der Waals surface area (Å²) in [5, 5.41) is 15.6. The zero-order valence-corrected chi connectivity index (χ0v) is 25.6. The second-order valence-corrected chi connectivity index (χ2v) is 10.9. The summed E-state index contributed by atoms with van der Waals surface area (Å²) in [6, 6.07) is 15.1. The third-order valence-electron chi connectivity index (χ3n) is 7.53. The number of benzene rings is 2. The Morgan fingerprint density at radius 3 is 2.31 bits per heavy atom. The van der Waals surface area contributed by atoms with E-state index in [1.54, 1.807) is 13.2 Å². The molecule has 0 aliphatic carbocycles. The van der Waals surface area contributed by atoms with Crippen molar-refractivity contribution in [1.29, 1.82) is 0 Å². The molecule has 45 heavy (non-hydrogen) atoms. The molecule has 0 saturated heterocycles. The molecule has 0 radical (unpaired) electrons. The monoisotopic (exact) mass is 613 g/mol. The molecule has 0 saturated carbocycles. The number of carbonyl (C=O) groups excluding carboxylic acids is 5.